The lowest BCUT2D eigenvalue weighted by molar-refractivity contribution is 0.0657. The van der Waals surface area contributed by atoms with Crippen LogP contribution in [-0.2, 0) is 0 Å². The van der Waals surface area contributed by atoms with Crippen molar-refractivity contribution in [2.24, 2.45) is 4.99 Å². The summed E-state index contributed by atoms with van der Waals surface area (Å²) in [6, 6.07) is 4.02. The Morgan fingerprint density at radius 3 is 2.64 bits per heavy atom. The zero-order valence-corrected chi connectivity index (χ0v) is 15.3. The number of amides is 1. The molecule has 0 aromatic carbocycles. The van der Waals surface area contributed by atoms with Crippen LogP contribution in [0.15, 0.2) is 27.8 Å². The Balaban J connectivity index is 1.55. The minimum Gasteiger partial charge on any atom is -0.459 e. The molecule has 1 unspecified atom stereocenters. The molecule has 2 fully saturated rings. The molecule has 25 heavy (non-hydrogen) atoms. The number of piperazine rings is 1. The van der Waals surface area contributed by atoms with Crippen molar-refractivity contribution in [1.82, 2.24) is 20.0 Å². The third kappa shape index (κ3) is 4.34. The first-order valence-electron chi connectivity index (χ1n) is 9.25. The zero-order chi connectivity index (χ0) is 17.6. The molecule has 1 amide bonds. The largest absolute Gasteiger partial charge is 0.459 e. The Labute approximate surface area is 149 Å². The van der Waals surface area contributed by atoms with Crippen molar-refractivity contribution >= 4 is 11.9 Å². The van der Waals surface area contributed by atoms with Crippen LogP contribution in [-0.4, -0.2) is 85.5 Å². The summed E-state index contributed by atoms with van der Waals surface area (Å²) in [5, 5.41) is 3.40. The second-order valence-electron chi connectivity index (χ2n) is 6.73. The molecule has 138 valence electrons. The monoisotopic (exact) mass is 347 g/mol. The number of guanidine groups is 1. The highest BCUT2D eigenvalue weighted by Gasteiger charge is 2.26. The second kappa shape index (κ2) is 8.38. The molecule has 0 aliphatic carbocycles. The maximum absolute atomic E-state index is 12.4. The predicted molar refractivity (Wildman–Crippen MR) is 97.8 cm³/mol. The molecule has 7 heteroatoms. The number of aliphatic imine (C=N–C) groups is 1. The van der Waals surface area contributed by atoms with Crippen molar-refractivity contribution in [3.8, 4) is 0 Å². The summed E-state index contributed by atoms with van der Waals surface area (Å²) < 4.78 is 5.22. The van der Waals surface area contributed by atoms with E-state index in [0.717, 1.165) is 32.1 Å². The van der Waals surface area contributed by atoms with Crippen LogP contribution in [0.5, 0.6) is 0 Å². The maximum atomic E-state index is 12.4. The first-order valence-corrected chi connectivity index (χ1v) is 9.25. The summed E-state index contributed by atoms with van der Waals surface area (Å²) in [5.41, 5.74) is 0. The third-order valence-corrected chi connectivity index (χ3v) is 5.06. The smallest absolute Gasteiger partial charge is 0.289 e. The molecule has 1 atom stereocenters. The summed E-state index contributed by atoms with van der Waals surface area (Å²) in [4.78, 5) is 23.7. The van der Waals surface area contributed by atoms with Gasteiger partial charge < -0.3 is 24.4 Å². The fourth-order valence-electron chi connectivity index (χ4n) is 3.51. The number of furan rings is 1. The Bertz CT molecular complexity index is 578. The summed E-state index contributed by atoms with van der Waals surface area (Å²) in [6.07, 6.45) is 4.03. The number of rotatable bonds is 4. The van der Waals surface area contributed by atoms with Gasteiger partial charge in [-0.3, -0.25) is 9.79 Å². The van der Waals surface area contributed by atoms with Gasteiger partial charge in [0.2, 0.25) is 0 Å². The van der Waals surface area contributed by atoms with E-state index in [4.69, 9.17) is 9.41 Å². The van der Waals surface area contributed by atoms with Crippen molar-refractivity contribution < 1.29 is 9.21 Å². The van der Waals surface area contributed by atoms with Gasteiger partial charge >= 0.3 is 0 Å². The second-order valence-corrected chi connectivity index (χ2v) is 6.73. The predicted octanol–water partition coefficient (Wildman–Crippen LogP) is 1.10. The number of likely N-dealkylation sites (N-methyl/N-ethyl adjacent to an activating group) is 1. The molecule has 2 aliphatic rings. The summed E-state index contributed by atoms with van der Waals surface area (Å²) in [5.74, 6) is 1.35. The Morgan fingerprint density at radius 2 is 2.04 bits per heavy atom. The summed E-state index contributed by atoms with van der Waals surface area (Å²) >= 11 is 0. The average Bonchev–Trinajstić information content (AvgIpc) is 3.30. The van der Waals surface area contributed by atoms with Crippen LogP contribution >= 0.6 is 0 Å². The quantitative estimate of drug-likeness (QED) is 0.653. The Hall–Kier alpha value is -2.02. The van der Waals surface area contributed by atoms with Gasteiger partial charge in [0.05, 0.1) is 12.8 Å². The maximum Gasteiger partial charge on any atom is 0.289 e. The lowest BCUT2D eigenvalue weighted by Gasteiger charge is -2.36. The first-order chi connectivity index (χ1) is 12.2. The van der Waals surface area contributed by atoms with E-state index in [-0.39, 0.29) is 5.91 Å². The lowest BCUT2D eigenvalue weighted by atomic mass is 10.2. The highest BCUT2D eigenvalue weighted by atomic mass is 16.3. The van der Waals surface area contributed by atoms with Crippen LogP contribution in [0, 0.1) is 0 Å². The molecule has 0 bridgehead atoms. The van der Waals surface area contributed by atoms with Crippen molar-refractivity contribution in [3.05, 3.63) is 24.2 Å². The first kappa shape index (κ1) is 17.8. The van der Waals surface area contributed by atoms with Crippen molar-refractivity contribution in [2.45, 2.75) is 25.8 Å². The van der Waals surface area contributed by atoms with Crippen LogP contribution in [0.1, 0.15) is 30.3 Å². The normalized spacial score (nSPS) is 22.5. The minimum atomic E-state index is -0.0285. The summed E-state index contributed by atoms with van der Waals surface area (Å²) in [7, 11) is 2.18. The standard InChI is InChI=1S/C18H29N5O2/c1-3-19-18(20-14-15-6-4-8-21(15)2)23-11-9-22(10-12-23)17(24)16-7-5-13-25-16/h5,7,13,15H,3-4,6,8-12,14H2,1-2H3,(H,19,20). The molecule has 0 saturated carbocycles. The lowest BCUT2D eigenvalue weighted by Crippen LogP contribution is -2.54. The van der Waals surface area contributed by atoms with E-state index in [9.17, 15) is 4.79 Å². The van der Waals surface area contributed by atoms with E-state index < -0.39 is 0 Å². The SMILES string of the molecule is CCNC(=NCC1CCCN1C)N1CCN(C(=O)c2ccco2)CC1. The molecular weight excluding hydrogens is 318 g/mol. The zero-order valence-electron chi connectivity index (χ0n) is 15.3. The molecule has 2 aliphatic heterocycles. The molecular formula is C18H29N5O2. The number of nitrogens with one attached hydrogen (secondary N) is 1. The summed E-state index contributed by atoms with van der Waals surface area (Å²) in [6.45, 7) is 7.91. The van der Waals surface area contributed by atoms with E-state index in [1.54, 1.807) is 18.4 Å². The van der Waals surface area contributed by atoms with E-state index >= 15 is 0 Å². The average molecular weight is 347 g/mol. The van der Waals surface area contributed by atoms with Gasteiger partial charge in [-0.1, -0.05) is 0 Å². The number of hydrogen-bond acceptors (Lipinski definition) is 4. The van der Waals surface area contributed by atoms with E-state index in [1.807, 2.05) is 4.90 Å². The van der Waals surface area contributed by atoms with E-state index in [2.05, 4.69) is 29.1 Å². The van der Waals surface area contributed by atoms with Gasteiger partial charge in [0.15, 0.2) is 11.7 Å². The third-order valence-electron chi connectivity index (χ3n) is 5.06. The molecule has 0 radical (unpaired) electrons. The van der Waals surface area contributed by atoms with E-state index in [0.29, 0.717) is 24.9 Å². The van der Waals surface area contributed by atoms with Gasteiger partial charge in [-0.25, -0.2) is 0 Å². The molecule has 3 heterocycles. The van der Waals surface area contributed by atoms with Gasteiger partial charge in [-0.2, -0.15) is 0 Å². The molecule has 3 rings (SSSR count). The van der Waals surface area contributed by atoms with Crippen LogP contribution in [0.4, 0.5) is 0 Å². The number of carbonyl (C=O) groups is 1. The van der Waals surface area contributed by atoms with Gasteiger partial charge in [-0.15, -0.1) is 0 Å². The Morgan fingerprint density at radius 1 is 1.28 bits per heavy atom. The van der Waals surface area contributed by atoms with Crippen LogP contribution in [0.25, 0.3) is 0 Å². The van der Waals surface area contributed by atoms with Gasteiger partial charge in [0.25, 0.3) is 5.91 Å². The van der Waals surface area contributed by atoms with Crippen molar-refractivity contribution in [3.63, 3.8) is 0 Å². The molecule has 1 aromatic heterocycles. The Kier molecular flexibility index (Phi) is 5.96. The number of nitrogens with zero attached hydrogens (tertiary/aromatic N) is 4. The molecule has 7 nitrogen and oxygen atoms in total. The highest BCUT2D eigenvalue weighted by molar-refractivity contribution is 5.91. The molecule has 0 spiro atoms. The van der Waals surface area contributed by atoms with Gasteiger partial charge in [0, 0.05) is 38.8 Å². The van der Waals surface area contributed by atoms with Crippen LogP contribution in [0.2, 0.25) is 0 Å². The minimum absolute atomic E-state index is 0.0285. The number of carbonyl (C=O) groups excluding carboxylic acids is 1. The fraction of sp³-hybridized carbons (Fsp3) is 0.667. The molecule has 1 N–H and O–H groups in total. The fourth-order valence-corrected chi connectivity index (χ4v) is 3.51. The van der Waals surface area contributed by atoms with E-state index in [1.165, 1.54) is 19.4 Å². The topological polar surface area (TPSA) is 64.3 Å². The van der Waals surface area contributed by atoms with Gasteiger partial charge in [0.1, 0.15) is 0 Å². The van der Waals surface area contributed by atoms with Gasteiger partial charge in [-0.05, 0) is 45.5 Å². The molecule has 2 saturated heterocycles. The van der Waals surface area contributed by atoms with Crippen molar-refractivity contribution in [2.75, 3.05) is 52.9 Å². The number of hydrogen-bond donors (Lipinski definition) is 1. The number of likely N-dealkylation sites (tertiary alicyclic amines) is 1. The molecule has 1 aromatic rings. The van der Waals surface area contributed by atoms with Crippen molar-refractivity contribution in [1.29, 1.82) is 0 Å². The van der Waals surface area contributed by atoms with Crippen LogP contribution in [0.3, 0.4) is 0 Å². The highest BCUT2D eigenvalue weighted by Crippen LogP contribution is 2.15. The van der Waals surface area contributed by atoms with Crippen LogP contribution < -0.4 is 5.32 Å².